The van der Waals surface area contributed by atoms with Crippen LogP contribution in [0.5, 0.6) is 0 Å². The van der Waals surface area contributed by atoms with Crippen LogP contribution in [0.15, 0.2) is 0 Å². The lowest BCUT2D eigenvalue weighted by Gasteiger charge is -2.49. The van der Waals surface area contributed by atoms with Crippen LogP contribution in [0.3, 0.4) is 0 Å². The second-order valence-corrected chi connectivity index (χ2v) is 6.76. The fourth-order valence-electron chi connectivity index (χ4n) is 2.52. The van der Waals surface area contributed by atoms with E-state index in [1.807, 2.05) is 13.8 Å². The fourth-order valence-corrected chi connectivity index (χ4v) is 2.52. The summed E-state index contributed by atoms with van der Waals surface area (Å²) in [7, 11) is 6.55. The van der Waals surface area contributed by atoms with Gasteiger partial charge in [0.25, 0.3) is 0 Å². The van der Waals surface area contributed by atoms with E-state index in [-0.39, 0.29) is 5.41 Å². The van der Waals surface area contributed by atoms with Crippen LogP contribution in [0.1, 0.15) is 39.5 Å². The normalized spacial score (nSPS) is 19.1. The Bertz CT molecular complexity index is 292. The van der Waals surface area contributed by atoms with Gasteiger partial charge in [-0.1, -0.05) is 13.8 Å². The van der Waals surface area contributed by atoms with E-state index in [1.165, 1.54) is 19.3 Å². The summed E-state index contributed by atoms with van der Waals surface area (Å²) in [5.74, 6) is 0.293. The van der Waals surface area contributed by atoms with Crippen molar-refractivity contribution in [2.75, 3.05) is 34.2 Å². The predicted octanol–water partition coefficient (Wildman–Crippen LogP) is 1.75. The molecule has 0 atom stereocenters. The summed E-state index contributed by atoms with van der Waals surface area (Å²) in [6.45, 7) is 6.22. The van der Waals surface area contributed by atoms with Crippen LogP contribution < -0.4 is 5.73 Å². The molecule has 18 heavy (non-hydrogen) atoms. The zero-order valence-electron chi connectivity index (χ0n) is 12.7. The van der Waals surface area contributed by atoms with Gasteiger partial charge in [0.1, 0.15) is 0 Å². The maximum Gasteiger partial charge on any atom is 0.0963 e. The van der Waals surface area contributed by atoms with E-state index < -0.39 is 0 Å². The molecule has 1 aliphatic rings. The predicted molar refractivity (Wildman–Crippen MR) is 78.1 cm³/mol. The van der Waals surface area contributed by atoms with Crippen LogP contribution in [0.4, 0.5) is 0 Å². The Hall–Kier alpha value is -0.610. The van der Waals surface area contributed by atoms with Gasteiger partial charge in [0.2, 0.25) is 0 Å². The first-order valence-corrected chi connectivity index (χ1v) is 6.90. The molecule has 4 heteroatoms. The number of amidine groups is 1. The molecule has 0 aliphatic heterocycles. The van der Waals surface area contributed by atoms with Crippen molar-refractivity contribution in [2.45, 2.75) is 45.1 Å². The van der Waals surface area contributed by atoms with Crippen LogP contribution in [0.25, 0.3) is 0 Å². The average molecular weight is 254 g/mol. The van der Waals surface area contributed by atoms with E-state index >= 15 is 0 Å². The zero-order valence-corrected chi connectivity index (χ0v) is 12.7. The minimum absolute atomic E-state index is 0.181. The van der Waals surface area contributed by atoms with Crippen LogP contribution in [0, 0.1) is 10.8 Å². The molecule has 0 aromatic carbocycles. The van der Waals surface area contributed by atoms with Crippen molar-refractivity contribution in [3.8, 4) is 0 Å². The molecular formula is C14H30N4. The number of nitrogens with zero attached hydrogens (tertiary/aromatic N) is 2. The smallest absolute Gasteiger partial charge is 0.0963 e. The van der Waals surface area contributed by atoms with Crippen LogP contribution in [-0.4, -0.2) is 55.4 Å². The topological polar surface area (TPSA) is 56.4 Å². The molecule has 4 nitrogen and oxygen atoms in total. The summed E-state index contributed by atoms with van der Waals surface area (Å²) in [5.41, 5.74) is 5.83. The molecule has 0 spiro atoms. The van der Waals surface area contributed by atoms with Gasteiger partial charge in [-0.2, -0.15) is 0 Å². The summed E-state index contributed by atoms with van der Waals surface area (Å²) in [4.78, 5) is 4.77. The Morgan fingerprint density at radius 3 is 2.17 bits per heavy atom. The average Bonchev–Trinajstić information content (AvgIpc) is 2.20. The molecule has 0 aromatic rings. The third-order valence-corrected chi connectivity index (χ3v) is 4.64. The lowest BCUT2D eigenvalue weighted by Crippen LogP contribution is -2.56. The molecule has 1 saturated carbocycles. The molecule has 0 heterocycles. The van der Waals surface area contributed by atoms with Crippen LogP contribution in [0.2, 0.25) is 0 Å². The highest BCUT2D eigenvalue weighted by molar-refractivity contribution is 5.82. The van der Waals surface area contributed by atoms with Crippen molar-refractivity contribution in [3.63, 3.8) is 0 Å². The summed E-state index contributed by atoms with van der Waals surface area (Å²) in [5, 5.41) is 7.59. The first-order chi connectivity index (χ1) is 8.19. The SMILES string of the molecule is CN(CCC(C)(C)C(=N)N)CC1(N(C)C)CCC1. The van der Waals surface area contributed by atoms with Gasteiger partial charge in [-0.25, -0.2) is 0 Å². The summed E-state index contributed by atoms with van der Waals surface area (Å²) < 4.78 is 0. The lowest BCUT2D eigenvalue weighted by molar-refractivity contribution is 0.0263. The molecular weight excluding hydrogens is 224 g/mol. The van der Waals surface area contributed by atoms with Gasteiger partial charge >= 0.3 is 0 Å². The zero-order chi connectivity index (χ0) is 14.0. The Morgan fingerprint density at radius 2 is 1.83 bits per heavy atom. The Balaban J connectivity index is 2.42. The Labute approximate surface area is 112 Å². The van der Waals surface area contributed by atoms with Gasteiger partial charge in [0.05, 0.1) is 5.84 Å². The first-order valence-electron chi connectivity index (χ1n) is 6.90. The number of hydrogen-bond acceptors (Lipinski definition) is 3. The minimum atomic E-state index is -0.181. The summed E-state index contributed by atoms with van der Waals surface area (Å²) in [6, 6.07) is 0. The molecule has 1 rings (SSSR count). The minimum Gasteiger partial charge on any atom is -0.387 e. The molecule has 0 radical (unpaired) electrons. The van der Waals surface area contributed by atoms with E-state index in [2.05, 4.69) is 30.9 Å². The fraction of sp³-hybridized carbons (Fsp3) is 0.929. The van der Waals surface area contributed by atoms with Gasteiger partial charge in [-0.15, -0.1) is 0 Å². The van der Waals surface area contributed by atoms with Crippen LogP contribution in [-0.2, 0) is 0 Å². The summed E-state index contributed by atoms with van der Waals surface area (Å²) in [6.07, 6.45) is 4.91. The van der Waals surface area contributed by atoms with Crippen molar-refractivity contribution >= 4 is 5.84 Å². The molecule has 1 aliphatic carbocycles. The van der Waals surface area contributed by atoms with Gasteiger partial charge < -0.3 is 15.5 Å². The monoisotopic (exact) mass is 254 g/mol. The van der Waals surface area contributed by atoms with Crippen molar-refractivity contribution < 1.29 is 0 Å². The maximum absolute atomic E-state index is 7.59. The van der Waals surface area contributed by atoms with Gasteiger partial charge in [0, 0.05) is 17.5 Å². The van der Waals surface area contributed by atoms with Crippen LogP contribution >= 0.6 is 0 Å². The van der Waals surface area contributed by atoms with Crippen molar-refractivity contribution in [2.24, 2.45) is 11.1 Å². The van der Waals surface area contributed by atoms with E-state index in [1.54, 1.807) is 0 Å². The van der Waals surface area contributed by atoms with E-state index in [0.29, 0.717) is 11.4 Å². The summed E-state index contributed by atoms with van der Waals surface area (Å²) >= 11 is 0. The maximum atomic E-state index is 7.59. The highest BCUT2D eigenvalue weighted by Gasteiger charge is 2.39. The number of hydrogen-bond donors (Lipinski definition) is 2. The Morgan fingerprint density at radius 1 is 1.28 bits per heavy atom. The quantitative estimate of drug-likeness (QED) is 0.537. The lowest BCUT2D eigenvalue weighted by atomic mass is 9.75. The highest BCUT2D eigenvalue weighted by Crippen LogP contribution is 2.36. The van der Waals surface area contributed by atoms with Crippen molar-refractivity contribution in [1.82, 2.24) is 9.80 Å². The number of nitrogens with one attached hydrogen (secondary N) is 1. The van der Waals surface area contributed by atoms with E-state index in [4.69, 9.17) is 11.1 Å². The van der Waals surface area contributed by atoms with E-state index in [0.717, 1.165) is 19.5 Å². The molecule has 0 saturated heterocycles. The third-order valence-electron chi connectivity index (χ3n) is 4.64. The molecule has 0 bridgehead atoms. The largest absolute Gasteiger partial charge is 0.387 e. The molecule has 0 amide bonds. The number of rotatable bonds is 7. The molecule has 1 fully saturated rings. The number of nitrogens with two attached hydrogens (primary N) is 1. The van der Waals surface area contributed by atoms with Crippen molar-refractivity contribution in [1.29, 1.82) is 5.41 Å². The second kappa shape index (κ2) is 5.57. The first kappa shape index (κ1) is 15.4. The van der Waals surface area contributed by atoms with Gasteiger partial charge in [-0.05, 0) is 53.4 Å². The Kier molecular flexibility index (Phi) is 4.78. The van der Waals surface area contributed by atoms with Gasteiger partial charge in [0.15, 0.2) is 0 Å². The van der Waals surface area contributed by atoms with Gasteiger partial charge in [-0.3, -0.25) is 5.41 Å². The van der Waals surface area contributed by atoms with Crippen molar-refractivity contribution in [3.05, 3.63) is 0 Å². The highest BCUT2D eigenvalue weighted by atomic mass is 15.2. The number of likely N-dealkylation sites (N-methyl/N-ethyl adjacent to an activating group) is 2. The molecule has 3 N–H and O–H groups in total. The second-order valence-electron chi connectivity index (χ2n) is 6.76. The third kappa shape index (κ3) is 3.45. The van der Waals surface area contributed by atoms with E-state index in [9.17, 15) is 0 Å². The molecule has 106 valence electrons. The molecule has 0 unspecified atom stereocenters. The standard InChI is InChI=1S/C14H30N4/c1-13(2,12(15)16)9-10-18(5)11-14(17(3)4)7-6-8-14/h6-11H2,1-5H3,(H3,15,16). The molecule has 0 aromatic heterocycles.